The highest BCUT2D eigenvalue weighted by Gasteiger charge is 2.25. The largest absolute Gasteiger partial charge is 0.465 e. The fourth-order valence-electron chi connectivity index (χ4n) is 1.77. The van der Waals surface area contributed by atoms with Crippen LogP contribution in [-0.4, -0.2) is 47.2 Å². The highest BCUT2D eigenvalue weighted by Crippen LogP contribution is 2.19. The second-order valence-corrected chi connectivity index (χ2v) is 6.59. The molecular weight excluding hydrogens is 324 g/mol. The molecule has 1 rings (SSSR count). The van der Waals surface area contributed by atoms with Gasteiger partial charge in [-0.3, -0.25) is 0 Å². The Balaban J connectivity index is 3.27. The number of carbonyl (C=O) groups excluding carboxylic acids is 2. The van der Waals surface area contributed by atoms with E-state index in [1.807, 2.05) is 0 Å². The molecule has 1 aromatic rings. The Kier molecular flexibility index (Phi) is 6.67. The van der Waals surface area contributed by atoms with Gasteiger partial charge in [0.1, 0.15) is 0 Å². The summed E-state index contributed by atoms with van der Waals surface area (Å²) < 4.78 is 36.3. The van der Waals surface area contributed by atoms with E-state index in [2.05, 4.69) is 14.2 Å². The zero-order valence-electron chi connectivity index (χ0n) is 13.2. The summed E-state index contributed by atoms with van der Waals surface area (Å²) in [6.45, 7) is 1.84. The first kappa shape index (κ1) is 19.1. The van der Waals surface area contributed by atoms with Gasteiger partial charge < -0.3 is 15.2 Å². The first-order chi connectivity index (χ1) is 10.7. The van der Waals surface area contributed by atoms with Crippen LogP contribution in [0.3, 0.4) is 0 Å². The zero-order chi connectivity index (χ0) is 17.6. The minimum Gasteiger partial charge on any atom is -0.465 e. The first-order valence-electron chi connectivity index (χ1n) is 6.79. The van der Waals surface area contributed by atoms with Crippen LogP contribution in [0.2, 0.25) is 0 Å². The van der Waals surface area contributed by atoms with Gasteiger partial charge in [0.25, 0.3) is 0 Å². The van der Waals surface area contributed by atoms with Gasteiger partial charge in [-0.1, -0.05) is 0 Å². The molecule has 128 valence electrons. The van der Waals surface area contributed by atoms with Crippen LogP contribution >= 0.6 is 0 Å². The van der Waals surface area contributed by atoms with Crippen LogP contribution in [0.4, 0.5) is 0 Å². The van der Waals surface area contributed by atoms with Crippen molar-refractivity contribution in [2.75, 3.05) is 20.8 Å². The Morgan fingerprint density at radius 1 is 1.22 bits per heavy atom. The zero-order valence-corrected chi connectivity index (χ0v) is 14.0. The van der Waals surface area contributed by atoms with Gasteiger partial charge in [-0.25, -0.2) is 22.7 Å². The molecule has 1 aromatic carbocycles. The van der Waals surface area contributed by atoms with E-state index >= 15 is 0 Å². The molecule has 8 nitrogen and oxygen atoms in total. The maximum atomic E-state index is 12.4. The second-order valence-electron chi connectivity index (χ2n) is 4.86. The molecule has 3 N–H and O–H groups in total. The minimum absolute atomic E-state index is 0.00715. The molecule has 1 unspecified atom stereocenters. The summed E-state index contributed by atoms with van der Waals surface area (Å²) in [4.78, 5) is 23.0. The van der Waals surface area contributed by atoms with E-state index in [1.54, 1.807) is 6.92 Å². The Hall–Kier alpha value is -1.97. The number of nitrogens with one attached hydrogen (secondary N) is 1. The Labute approximate surface area is 135 Å². The number of esters is 2. The fourth-order valence-corrected chi connectivity index (χ4v) is 3.03. The van der Waals surface area contributed by atoms with Gasteiger partial charge >= 0.3 is 11.9 Å². The smallest absolute Gasteiger partial charge is 0.339 e. The van der Waals surface area contributed by atoms with Gasteiger partial charge in [0.15, 0.2) is 0 Å². The highest BCUT2D eigenvalue weighted by atomic mass is 32.2. The SMILES string of the molecule is COC(=O)c1ccc(C(=O)OC)c(S(=O)(=O)NCCC(C)N)c1. The molecule has 0 heterocycles. The van der Waals surface area contributed by atoms with Crippen molar-refractivity contribution in [1.29, 1.82) is 0 Å². The van der Waals surface area contributed by atoms with E-state index in [1.165, 1.54) is 19.2 Å². The predicted octanol–water partition coefficient (Wildman–Crippen LogP) is 0.275. The molecule has 0 aromatic heterocycles. The number of benzene rings is 1. The highest BCUT2D eigenvalue weighted by molar-refractivity contribution is 7.89. The Bertz CT molecular complexity index is 685. The third-order valence-electron chi connectivity index (χ3n) is 2.99. The third kappa shape index (κ3) is 5.02. The molecule has 0 fully saturated rings. The van der Waals surface area contributed by atoms with Crippen molar-refractivity contribution in [3.8, 4) is 0 Å². The molecule has 0 saturated heterocycles. The summed E-state index contributed by atoms with van der Waals surface area (Å²) in [6, 6.07) is 3.39. The van der Waals surface area contributed by atoms with Crippen LogP contribution in [-0.2, 0) is 19.5 Å². The second kappa shape index (κ2) is 8.04. The molecule has 0 radical (unpaired) electrons. The molecule has 1 atom stereocenters. The lowest BCUT2D eigenvalue weighted by Gasteiger charge is -2.12. The van der Waals surface area contributed by atoms with Crippen LogP contribution < -0.4 is 10.5 Å². The topological polar surface area (TPSA) is 125 Å². The summed E-state index contributed by atoms with van der Waals surface area (Å²) >= 11 is 0. The summed E-state index contributed by atoms with van der Waals surface area (Å²) in [5, 5.41) is 0. The number of carbonyl (C=O) groups is 2. The lowest BCUT2D eigenvalue weighted by Crippen LogP contribution is -2.30. The molecule has 0 aliphatic heterocycles. The number of hydrogen-bond acceptors (Lipinski definition) is 7. The van der Waals surface area contributed by atoms with Gasteiger partial charge in [-0.15, -0.1) is 0 Å². The summed E-state index contributed by atoms with van der Waals surface area (Å²) in [5.41, 5.74) is 5.41. The van der Waals surface area contributed by atoms with Crippen LogP contribution in [0.1, 0.15) is 34.1 Å². The molecule has 23 heavy (non-hydrogen) atoms. The standard InChI is InChI=1S/C14H20N2O6S/c1-9(15)6-7-16-23(19,20)12-8-10(13(17)21-2)4-5-11(12)14(18)22-3/h4-5,8-9,16H,6-7,15H2,1-3H3. The summed E-state index contributed by atoms with van der Waals surface area (Å²) in [6.07, 6.45) is 0.420. The Morgan fingerprint density at radius 3 is 2.35 bits per heavy atom. The minimum atomic E-state index is -4.02. The van der Waals surface area contributed by atoms with Crippen molar-refractivity contribution in [1.82, 2.24) is 4.72 Å². The molecule has 9 heteroatoms. The van der Waals surface area contributed by atoms with Crippen molar-refractivity contribution in [3.63, 3.8) is 0 Å². The molecule has 0 aliphatic rings. The monoisotopic (exact) mass is 344 g/mol. The molecule has 0 aliphatic carbocycles. The van der Waals surface area contributed by atoms with E-state index in [9.17, 15) is 18.0 Å². The van der Waals surface area contributed by atoms with E-state index in [4.69, 9.17) is 5.73 Å². The average Bonchev–Trinajstić information content (AvgIpc) is 2.52. The van der Waals surface area contributed by atoms with Crippen LogP contribution in [0, 0.1) is 0 Å². The van der Waals surface area contributed by atoms with Crippen molar-refractivity contribution in [2.45, 2.75) is 24.3 Å². The number of sulfonamides is 1. The number of methoxy groups -OCH3 is 2. The van der Waals surface area contributed by atoms with E-state index < -0.39 is 22.0 Å². The number of hydrogen-bond donors (Lipinski definition) is 2. The number of ether oxygens (including phenoxy) is 2. The quantitative estimate of drug-likeness (QED) is 0.680. The first-order valence-corrected chi connectivity index (χ1v) is 8.27. The molecule has 0 saturated carbocycles. The average molecular weight is 344 g/mol. The lowest BCUT2D eigenvalue weighted by molar-refractivity contribution is 0.0583. The normalized spacial score (nSPS) is 12.5. The maximum Gasteiger partial charge on any atom is 0.339 e. The predicted molar refractivity (Wildman–Crippen MR) is 82.6 cm³/mol. The van der Waals surface area contributed by atoms with Gasteiger partial charge in [-0.05, 0) is 31.5 Å². The number of rotatable bonds is 7. The van der Waals surface area contributed by atoms with Gasteiger partial charge in [-0.2, -0.15) is 0 Å². The van der Waals surface area contributed by atoms with Crippen molar-refractivity contribution < 1.29 is 27.5 Å². The molecule has 0 spiro atoms. The van der Waals surface area contributed by atoms with Gasteiger partial charge in [0.05, 0.1) is 30.2 Å². The fraction of sp³-hybridized carbons (Fsp3) is 0.429. The third-order valence-corrected chi connectivity index (χ3v) is 4.49. The number of nitrogens with two attached hydrogens (primary N) is 1. The van der Waals surface area contributed by atoms with Crippen LogP contribution in [0.5, 0.6) is 0 Å². The van der Waals surface area contributed by atoms with E-state index in [0.717, 1.165) is 13.2 Å². The van der Waals surface area contributed by atoms with Gasteiger partial charge in [0, 0.05) is 12.6 Å². The summed E-state index contributed by atoms with van der Waals surface area (Å²) in [5.74, 6) is -1.54. The van der Waals surface area contributed by atoms with E-state index in [0.29, 0.717) is 6.42 Å². The van der Waals surface area contributed by atoms with Crippen molar-refractivity contribution in [3.05, 3.63) is 29.3 Å². The van der Waals surface area contributed by atoms with Crippen molar-refractivity contribution in [2.24, 2.45) is 5.73 Å². The lowest BCUT2D eigenvalue weighted by atomic mass is 10.1. The van der Waals surface area contributed by atoms with Crippen LogP contribution in [0.15, 0.2) is 23.1 Å². The molecule has 0 amide bonds. The van der Waals surface area contributed by atoms with Crippen LogP contribution in [0.25, 0.3) is 0 Å². The van der Waals surface area contributed by atoms with E-state index in [-0.39, 0.29) is 28.6 Å². The maximum absolute atomic E-state index is 12.4. The Morgan fingerprint density at radius 2 is 1.83 bits per heavy atom. The van der Waals surface area contributed by atoms with Gasteiger partial charge in [0.2, 0.25) is 10.0 Å². The summed E-state index contributed by atoms with van der Waals surface area (Å²) in [7, 11) is -1.71. The molecule has 0 bridgehead atoms. The molecular formula is C14H20N2O6S. The van der Waals surface area contributed by atoms with Crippen molar-refractivity contribution >= 4 is 22.0 Å².